The number of hydrogen-bond donors (Lipinski definition) is 0. The van der Waals surface area contributed by atoms with Crippen LogP contribution in [-0.2, 0) is 6.54 Å². The summed E-state index contributed by atoms with van der Waals surface area (Å²) in [4.78, 5) is 16.5. The first kappa shape index (κ1) is 10.0. The number of thiazole rings is 1. The zero-order valence-electron chi connectivity index (χ0n) is 8.38. The minimum absolute atomic E-state index is 0.00319. The van der Waals surface area contributed by atoms with Crippen LogP contribution in [0.2, 0.25) is 0 Å². The molecule has 2 rings (SSSR count). The predicted molar refractivity (Wildman–Crippen MR) is 58.1 cm³/mol. The summed E-state index contributed by atoms with van der Waals surface area (Å²) in [6.07, 6.45) is 4.21. The fourth-order valence-corrected chi connectivity index (χ4v) is 1.94. The van der Waals surface area contributed by atoms with Gasteiger partial charge in [-0.15, -0.1) is 11.3 Å². The second-order valence-corrected chi connectivity index (χ2v) is 4.02. The van der Waals surface area contributed by atoms with Crippen molar-refractivity contribution in [2.45, 2.75) is 19.9 Å². The van der Waals surface area contributed by atoms with Gasteiger partial charge in [0.25, 0.3) is 0 Å². The van der Waals surface area contributed by atoms with Gasteiger partial charge >= 0.3 is 0 Å². The maximum absolute atomic E-state index is 12.0. The Balaban J connectivity index is 2.29. The normalized spacial score (nSPS) is 10.5. The molecule has 0 saturated carbocycles. The van der Waals surface area contributed by atoms with Crippen LogP contribution < -0.4 is 0 Å². The SMILES string of the molecule is CCCn1nccc1C(=O)c1cncs1. The molecule has 0 fully saturated rings. The Labute approximate surface area is 91.6 Å². The van der Waals surface area contributed by atoms with Gasteiger partial charge in [0.15, 0.2) is 0 Å². The second-order valence-electron chi connectivity index (χ2n) is 3.13. The summed E-state index contributed by atoms with van der Waals surface area (Å²) in [5, 5.41) is 4.12. The Bertz CT molecular complexity index is 447. The average molecular weight is 221 g/mol. The van der Waals surface area contributed by atoms with Crippen molar-refractivity contribution in [1.29, 1.82) is 0 Å². The standard InChI is InChI=1S/C10H11N3OS/c1-2-5-13-8(3-4-12-13)10(14)9-6-11-7-15-9/h3-4,6-7H,2,5H2,1H3. The van der Waals surface area contributed by atoms with Crippen molar-refractivity contribution in [3.63, 3.8) is 0 Å². The summed E-state index contributed by atoms with van der Waals surface area (Å²) >= 11 is 1.35. The Hall–Kier alpha value is -1.49. The van der Waals surface area contributed by atoms with Crippen molar-refractivity contribution < 1.29 is 4.79 Å². The van der Waals surface area contributed by atoms with Gasteiger partial charge in [0.05, 0.1) is 10.4 Å². The largest absolute Gasteiger partial charge is 0.286 e. The summed E-state index contributed by atoms with van der Waals surface area (Å²) < 4.78 is 1.74. The molecule has 0 N–H and O–H groups in total. The molecule has 5 heteroatoms. The molecular formula is C10H11N3OS. The van der Waals surface area contributed by atoms with Crippen molar-refractivity contribution in [1.82, 2.24) is 14.8 Å². The van der Waals surface area contributed by atoms with Gasteiger partial charge in [0.2, 0.25) is 5.78 Å². The molecule has 0 atom stereocenters. The van der Waals surface area contributed by atoms with E-state index in [9.17, 15) is 4.79 Å². The van der Waals surface area contributed by atoms with Gasteiger partial charge in [-0.05, 0) is 12.5 Å². The number of aromatic nitrogens is 3. The molecular weight excluding hydrogens is 210 g/mol. The lowest BCUT2D eigenvalue weighted by Crippen LogP contribution is -2.10. The third-order valence-corrected chi connectivity index (χ3v) is 2.81. The van der Waals surface area contributed by atoms with Crippen LogP contribution >= 0.6 is 11.3 Å². The molecule has 0 unspecified atom stereocenters. The maximum atomic E-state index is 12.0. The molecule has 0 aliphatic rings. The summed E-state index contributed by atoms with van der Waals surface area (Å²) in [5.41, 5.74) is 2.30. The van der Waals surface area contributed by atoms with Gasteiger partial charge in [0, 0.05) is 18.9 Å². The lowest BCUT2D eigenvalue weighted by atomic mass is 10.2. The zero-order valence-corrected chi connectivity index (χ0v) is 9.20. The van der Waals surface area contributed by atoms with E-state index in [4.69, 9.17) is 0 Å². The van der Waals surface area contributed by atoms with Gasteiger partial charge in [-0.3, -0.25) is 14.5 Å². The van der Waals surface area contributed by atoms with E-state index < -0.39 is 0 Å². The molecule has 0 amide bonds. The minimum Gasteiger partial charge on any atom is -0.286 e. The van der Waals surface area contributed by atoms with Crippen LogP contribution in [0, 0.1) is 0 Å². The molecule has 0 spiro atoms. The number of carbonyl (C=O) groups is 1. The van der Waals surface area contributed by atoms with E-state index in [0.29, 0.717) is 10.6 Å². The van der Waals surface area contributed by atoms with Crippen molar-refractivity contribution in [2.75, 3.05) is 0 Å². The highest BCUT2D eigenvalue weighted by Gasteiger charge is 2.14. The van der Waals surface area contributed by atoms with Crippen molar-refractivity contribution in [3.8, 4) is 0 Å². The first-order chi connectivity index (χ1) is 7.33. The molecule has 2 heterocycles. The van der Waals surface area contributed by atoms with Crippen LogP contribution in [0.1, 0.15) is 28.7 Å². The first-order valence-corrected chi connectivity index (χ1v) is 5.66. The molecule has 15 heavy (non-hydrogen) atoms. The first-order valence-electron chi connectivity index (χ1n) is 4.78. The van der Waals surface area contributed by atoms with Gasteiger partial charge in [-0.2, -0.15) is 5.10 Å². The Morgan fingerprint density at radius 3 is 3.13 bits per heavy atom. The number of rotatable bonds is 4. The lowest BCUT2D eigenvalue weighted by molar-refractivity contribution is 0.103. The van der Waals surface area contributed by atoms with Crippen LogP contribution in [-0.4, -0.2) is 20.5 Å². The van der Waals surface area contributed by atoms with Gasteiger partial charge in [-0.1, -0.05) is 6.92 Å². The lowest BCUT2D eigenvalue weighted by Gasteiger charge is -2.02. The molecule has 0 bridgehead atoms. The van der Waals surface area contributed by atoms with E-state index in [-0.39, 0.29) is 5.78 Å². The Morgan fingerprint density at radius 2 is 2.47 bits per heavy atom. The van der Waals surface area contributed by atoms with Crippen LogP contribution in [0.3, 0.4) is 0 Å². The van der Waals surface area contributed by atoms with Crippen LogP contribution in [0.25, 0.3) is 0 Å². The minimum atomic E-state index is 0.00319. The summed E-state index contributed by atoms with van der Waals surface area (Å²) in [6.45, 7) is 2.83. The van der Waals surface area contributed by atoms with E-state index in [1.807, 2.05) is 0 Å². The number of nitrogens with zero attached hydrogens (tertiary/aromatic N) is 3. The van der Waals surface area contributed by atoms with E-state index in [2.05, 4.69) is 17.0 Å². The molecule has 0 radical (unpaired) electrons. The maximum Gasteiger partial charge on any atom is 0.222 e. The summed E-state index contributed by atoms with van der Waals surface area (Å²) in [5.74, 6) is 0.00319. The van der Waals surface area contributed by atoms with Crippen LogP contribution in [0.4, 0.5) is 0 Å². The number of ketones is 1. The smallest absolute Gasteiger partial charge is 0.222 e. The molecule has 0 aliphatic heterocycles. The summed E-state index contributed by atoms with van der Waals surface area (Å²) in [7, 11) is 0. The Kier molecular flexibility index (Phi) is 2.91. The summed E-state index contributed by atoms with van der Waals surface area (Å²) in [6, 6.07) is 1.75. The predicted octanol–water partition coefficient (Wildman–Crippen LogP) is 1.98. The molecule has 2 aromatic heterocycles. The van der Waals surface area contributed by atoms with E-state index in [1.165, 1.54) is 11.3 Å². The topological polar surface area (TPSA) is 47.8 Å². The highest BCUT2D eigenvalue weighted by Crippen LogP contribution is 2.13. The Morgan fingerprint density at radius 1 is 1.60 bits per heavy atom. The highest BCUT2D eigenvalue weighted by atomic mass is 32.1. The molecule has 0 aliphatic carbocycles. The average Bonchev–Trinajstić information content (AvgIpc) is 2.87. The van der Waals surface area contributed by atoms with Gasteiger partial charge in [0.1, 0.15) is 5.69 Å². The number of carbonyl (C=O) groups excluding carboxylic acids is 1. The second kappa shape index (κ2) is 4.35. The van der Waals surface area contributed by atoms with Crippen molar-refractivity contribution in [3.05, 3.63) is 34.5 Å². The fourth-order valence-electron chi connectivity index (χ4n) is 1.37. The van der Waals surface area contributed by atoms with E-state index in [1.54, 1.807) is 28.7 Å². The highest BCUT2D eigenvalue weighted by molar-refractivity contribution is 7.11. The fraction of sp³-hybridized carbons (Fsp3) is 0.300. The molecule has 2 aromatic rings. The molecule has 4 nitrogen and oxygen atoms in total. The molecule has 0 saturated heterocycles. The zero-order chi connectivity index (χ0) is 10.7. The number of hydrogen-bond acceptors (Lipinski definition) is 4. The third-order valence-electron chi connectivity index (χ3n) is 2.04. The molecule has 78 valence electrons. The number of aryl methyl sites for hydroxylation is 1. The van der Waals surface area contributed by atoms with Crippen LogP contribution in [0.5, 0.6) is 0 Å². The van der Waals surface area contributed by atoms with Gasteiger partial charge in [-0.25, -0.2) is 0 Å². The monoisotopic (exact) mass is 221 g/mol. The quantitative estimate of drug-likeness (QED) is 0.742. The van der Waals surface area contributed by atoms with Crippen molar-refractivity contribution in [2.24, 2.45) is 0 Å². The molecule has 0 aromatic carbocycles. The van der Waals surface area contributed by atoms with E-state index >= 15 is 0 Å². The van der Waals surface area contributed by atoms with Crippen LogP contribution in [0.15, 0.2) is 24.0 Å². The third kappa shape index (κ3) is 1.97. The van der Waals surface area contributed by atoms with E-state index in [0.717, 1.165) is 13.0 Å². The van der Waals surface area contributed by atoms with Gasteiger partial charge < -0.3 is 0 Å². The van der Waals surface area contributed by atoms with Crippen molar-refractivity contribution >= 4 is 17.1 Å².